The van der Waals surface area contributed by atoms with E-state index in [1.165, 1.54) is 5.57 Å². The van der Waals surface area contributed by atoms with Crippen LogP contribution in [0.4, 0.5) is 0 Å². The molecular formula is C57H94O29. The molecule has 18 N–H and O–H groups in total. The zero-order valence-electron chi connectivity index (χ0n) is 48.8. The second-order valence-corrected chi connectivity index (χ2v) is 26.6. The minimum Gasteiger partial charge on any atom is -0.394 e. The van der Waals surface area contributed by atoms with Crippen LogP contribution >= 0.6 is 0 Å². The van der Waals surface area contributed by atoms with E-state index in [-0.39, 0.29) is 41.3 Å². The molecule has 29 heteroatoms. The van der Waals surface area contributed by atoms with Crippen molar-refractivity contribution < 1.29 is 144 Å². The summed E-state index contributed by atoms with van der Waals surface area (Å²) >= 11 is 0. The Labute approximate surface area is 497 Å². The van der Waals surface area contributed by atoms with Gasteiger partial charge in [-0.05, 0) is 91.8 Å². The average Bonchev–Trinajstić information content (AvgIpc) is 1.54. The first-order valence-corrected chi connectivity index (χ1v) is 30.6. The summed E-state index contributed by atoms with van der Waals surface area (Å²) < 4.78 is 65.9. The highest BCUT2D eigenvalue weighted by atomic mass is 16.8. The summed E-state index contributed by atoms with van der Waals surface area (Å²) in [6.07, 6.45) is -35.6. The van der Waals surface area contributed by atoms with Crippen LogP contribution in [0.3, 0.4) is 0 Å². The van der Waals surface area contributed by atoms with Crippen molar-refractivity contribution in [2.45, 2.75) is 257 Å². The third-order valence-corrected chi connectivity index (χ3v) is 21.7. The Bertz CT molecular complexity index is 2250. The molecule has 36 atom stereocenters. The SMILES string of the molecule is C[C@H](CC[C@@]1(O)O[C@H]2C[C@@H]3[C@@H]4CC=C5C[C@@H](O[C@@H]6O[C@H](CO)[C@H](O[C@@H]7O[C@H](CO)[C@@H](O)[C@H](O[C@@H]8O[C@H](CO)[C@@H](O)[C@H](O)[C@H]8O)[C@H]7O[C@@H]7O[C@H](CO)[C@@H](O)[C@H](O)[C@H]7O)[C@H](O)[C@H]6O)CC[C@]5(C)[C@H]4CC[C@]3(C)[C@H]2[C@@H]1C)CO[C@@H]1O[C@H](CO)[C@@H](O)[C@H](O)[C@H]1O. The fraction of sp³-hybridized carbons (Fsp3) is 0.965. The number of fused-ring (bicyclic) bond motifs is 7. The van der Waals surface area contributed by atoms with Crippen LogP contribution in [0, 0.1) is 46.3 Å². The Morgan fingerprint density at radius 2 is 1.02 bits per heavy atom. The van der Waals surface area contributed by atoms with Gasteiger partial charge < -0.3 is 144 Å². The molecule has 0 amide bonds. The van der Waals surface area contributed by atoms with Crippen LogP contribution in [0.1, 0.15) is 85.5 Å². The molecule has 496 valence electrons. The first-order valence-electron chi connectivity index (χ1n) is 30.6. The van der Waals surface area contributed by atoms with E-state index < -0.39 is 198 Å². The van der Waals surface area contributed by atoms with Gasteiger partial charge in [-0.3, -0.25) is 0 Å². The third kappa shape index (κ3) is 12.3. The van der Waals surface area contributed by atoms with Crippen molar-refractivity contribution in [1.82, 2.24) is 0 Å². The topological polar surface area (TPSA) is 466 Å². The Balaban J connectivity index is 0.779. The Kier molecular flexibility index (Phi) is 21.1. The van der Waals surface area contributed by atoms with Crippen molar-refractivity contribution >= 4 is 0 Å². The van der Waals surface area contributed by atoms with Crippen molar-refractivity contribution in [3.63, 3.8) is 0 Å². The van der Waals surface area contributed by atoms with E-state index in [0.717, 1.165) is 32.1 Å². The fourth-order valence-corrected chi connectivity index (χ4v) is 16.5. The van der Waals surface area contributed by atoms with Crippen LogP contribution in [-0.2, 0) is 52.1 Å². The molecule has 3 saturated carbocycles. The van der Waals surface area contributed by atoms with Gasteiger partial charge in [0.2, 0.25) is 0 Å². The molecule has 6 heterocycles. The van der Waals surface area contributed by atoms with E-state index in [4.69, 9.17) is 52.1 Å². The molecule has 0 spiro atoms. The van der Waals surface area contributed by atoms with Gasteiger partial charge in [0.25, 0.3) is 0 Å². The summed E-state index contributed by atoms with van der Waals surface area (Å²) in [6, 6.07) is 0. The van der Waals surface area contributed by atoms with E-state index in [1.807, 2.05) is 6.92 Å². The summed E-state index contributed by atoms with van der Waals surface area (Å²) in [5.41, 5.74) is 0.939. The molecule has 0 unspecified atom stereocenters. The Morgan fingerprint density at radius 3 is 1.60 bits per heavy atom. The maximum absolute atomic E-state index is 12.1. The standard InChI is InChI=1S/C57H94O29/c1-21(20-76-50-43(71)39(67)35(63)29(15-58)78-50)7-12-57(75)22(2)34-28(86-57)14-27-25-6-5-23-13-24(8-10-55(23,3)26(25)9-11-56(27,34)4)77-51-46(74)42(70)47(33(19-62)82-51)83-54-49(85-53-45(73)41(69)37(65)31(17-60)80-53)48(38(66)32(18-61)81-54)84-52-44(72)40(68)36(64)30(16-59)79-52/h5,21-22,24-54,58-75H,6-20H2,1-4H3/t21-,22+,24+,25-,26+,27-,28+,29-,30-,31-,32-,33-,34+,35-,36-,37-,38-,39+,40+,41+,42-,43-,44-,45-,46-,47+,48+,49-,50-,51-,52+,53+,54+,55+,56+,57-/m1/s1. The molecule has 9 fully saturated rings. The number of allylic oxidation sites excluding steroid dienone is 1. The highest BCUT2D eigenvalue weighted by Gasteiger charge is 2.68. The van der Waals surface area contributed by atoms with Crippen molar-refractivity contribution in [2.24, 2.45) is 46.3 Å². The molecule has 10 rings (SSSR count). The molecule has 86 heavy (non-hydrogen) atoms. The molecule has 0 aromatic heterocycles. The van der Waals surface area contributed by atoms with Crippen LogP contribution in [0.15, 0.2) is 11.6 Å². The van der Waals surface area contributed by atoms with Gasteiger partial charge in [-0.25, -0.2) is 0 Å². The Hall–Kier alpha value is -1.42. The largest absolute Gasteiger partial charge is 0.394 e. The van der Waals surface area contributed by atoms with E-state index in [0.29, 0.717) is 43.4 Å². The summed E-state index contributed by atoms with van der Waals surface area (Å²) in [5.74, 6) is -0.470. The van der Waals surface area contributed by atoms with Gasteiger partial charge >= 0.3 is 0 Å². The van der Waals surface area contributed by atoms with Crippen molar-refractivity contribution in [1.29, 1.82) is 0 Å². The van der Waals surface area contributed by atoms with Crippen LogP contribution in [0.5, 0.6) is 0 Å². The van der Waals surface area contributed by atoms with Gasteiger partial charge in [0.1, 0.15) is 122 Å². The second kappa shape index (κ2) is 26.9. The van der Waals surface area contributed by atoms with Gasteiger partial charge in [-0.15, -0.1) is 0 Å². The van der Waals surface area contributed by atoms with Crippen molar-refractivity contribution in [3.05, 3.63) is 11.6 Å². The predicted octanol–water partition coefficient (Wildman–Crippen LogP) is -6.21. The fourth-order valence-electron chi connectivity index (χ4n) is 16.5. The third-order valence-electron chi connectivity index (χ3n) is 21.7. The zero-order valence-corrected chi connectivity index (χ0v) is 48.8. The maximum atomic E-state index is 12.1. The van der Waals surface area contributed by atoms with Crippen LogP contribution in [0.2, 0.25) is 0 Å². The number of ether oxygens (including phenoxy) is 11. The molecule has 0 bridgehead atoms. The molecule has 0 radical (unpaired) electrons. The molecule has 6 saturated heterocycles. The highest BCUT2D eigenvalue weighted by molar-refractivity contribution is 5.26. The highest BCUT2D eigenvalue weighted by Crippen LogP contribution is 2.70. The molecule has 0 aromatic rings. The van der Waals surface area contributed by atoms with Gasteiger partial charge in [-0.2, -0.15) is 0 Å². The van der Waals surface area contributed by atoms with Gasteiger partial charge in [-0.1, -0.05) is 39.3 Å². The molecule has 4 aliphatic carbocycles. The lowest BCUT2D eigenvalue weighted by atomic mass is 9.47. The lowest BCUT2D eigenvalue weighted by molar-refractivity contribution is -0.406. The molecule has 10 aliphatic rings. The smallest absolute Gasteiger partial charge is 0.187 e. The number of aliphatic hydroxyl groups excluding tert-OH is 17. The summed E-state index contributed by atoms with van der Waals surface area (Å²) in [4.78, 5) is 0. The van der Waals surface area contributed by atoms with Crippen LogP contribution in [-0.4, -0.2) is 303 Å². The Morgan fingerprint density at radius 1 is 0.535 bits per heavy atom. The van der Waals surface area contributed by atoms with Crippen LogP contribution < -0.4 is 0 Å². The summed E-state index contributed by atoms with van der Waals surface area (Å²) in [5, 5.41) is 193. The normalized spacial score (nSPS) is 54.3. The number of hydrogen-bond acceptors (Lipinski definition) is 29. The first-order chi connectivity index (χ1) is 40.8. The van der Waals surface area contributed by atoms with E-state index in [9.17, 15) is 91.9 Å². The van der Waals surface area contributed by atoms with Gasteiger partial charge in [0.15, 0.2) is 37.2 Å². The zero-order chi connectivity index (χ0) is 62.2. The van der Waals surface area contributed by atoms with E-state index in [2.05, 4.69) is 26.8 Å². The van der Waals surface area contributed by atoms with Crippen LogP contribution in [0.25, 0.3) is 0 Å². The van der Waals surface area contributed by atoms with E-state index in [1.54, 1.807) is 0 Å². The van der Waals surface area contributed by atoms with E-state index >= 15 is 0 Å². The lowest BCUT2D eigenvalue weighted by Gasteiger charge is -2.58. The molecular weight excluding hydrogens is 1150 g/mol. The van der Waals surface area contributed by atoms with Gasteiger partial charge in [0, 0.05) is 12.3 Å². The summed E-state index contributed by atoms with van der Waals surface area (Å²) in [7, 11) is 0. The van der Waals surface area contributed by atoms with Crippen molar-refractivity contribution in [2.75, 3.05) is 39.6 Å². The molecule has 0 aromatic carbocycles. The molecule has 29 nitrogen and oxygen atoms in total. The maximum Gasteiger partial charge on any atom is 0.187 e. The minimum atomic E-state index is -2.07. The lowest BCUT2D eigenvalue weighted by Crippen LogP contribution is -2.68. The number of rotatable bonds is 19. The quantitative estimate of drug-likeness (QED) is 0.0535. The predicted molar refractivity (Wildman–Crippen MR) is 284 cm³/mol. The first kappa shape index (κ1) is 67.5. The average molecular weight is 1240 g/mol. The number of aliphatic hydroxyl groups is 18. The number of hydrogen-bond donors (Lipinski definition) is 18. The molecule has 6 aliphatic heterocycles. The minimum absolute atomic E-state index is 0.0949. The monoisotopic (exact) mass is 1240 g/mol. The summed E-state index contributed by atoms with van der Waals surface area (Å²) in [6.45, 7) is 4.71. The van der Waals surface area contributed by atoms with Crippen molar-refractivity contribution in [3.8, 4) is 0 Å². The van der Waals surface area contributed by atoms with Gasteiger partial charge in [0.05, 0.1) is 51.8 Å². The second-order valence-electron chi connectivity index (χ2n) is 26.6.